The van der Waals surface area contributed by atoms with E-state index < -0.39 is 23.7 Å². The Kier molecular flexibility index (Phi) is 9.60. The average Bonchev–Trinajstić information content (AvgIpc) is 3.85. The largest absolute Gasteiger partial charge is 0.376 e. The molecule has 3 aliphatic heterocycles. The first-order chi connectivity index (χ1) is 24.6. The zero-order chi connectivity index (χ0) is 35.9. The lowest BCUT2D eigenvalue weighted by atomic mass is 9.86. The van der Waals surface area contributed by atoms with Gasteiger partial charge in [-0.2, -0.15) is 10.4 Å². The van der Waals surface area contributed by atoms with Crippen molar-refractivity contribution in [3.63, 3.8) is 0 Å². The van der Waals surface area contributed by atoms with E-state index in [2.05, 4.69) is 55.0 Å². The number of aliphatic hydroxyl groups excluding tert-OH is 1. The molecule has 3 unspecified atom stereocenters. The number of amides is 1. The van der Waals surface area contributed by atoms with E-state index in [1.165, 1.54) is 34.4 Å². The van der Waals surface area contributed by atoms with E-state index in [-0.39, 0.29) is 29.3 Å². The van der Waals surface area contributed by atoms with Gasteiger partial charge in [0.2, 0.25) is 0 Å². The third-order valence-electron chi connectivity index (χ3n) is 10.8. The molecule has 266 valence electrons. The number of ketones is 1. The number of fused-ring (bicyclic) bond motifs is 1. The Bertz CT molecular complexity index is 2020. The fourth-order valence-corrected chi connectivity index (χ4v) is 7.96. The second-order valence-corrected chi connectivity index (χ2v) is 14.4. The molecule has 1 spiro atoms. The summed E-state index contributed by atoms with van der Waals surface area (Å²) in [7, 11) is 3.14. The quantitative estimate of drug-likeness (QED) is 0.251. The molecule has 2 N–H and O–H groups in total. The molecule has 5 heterocycles. The van der Waals surface area contributed by atoms with Crippen LogP contribution >= 0.6 is 0 Å². The van der Waals surface area contributed by atoms with Crippen LogP contribution in [-0.4, -0.2) is 107 Å². The van der Waals surface area contributed by atoms with Gasteiger partial charge in [0.25, 0.3) is 5.91 Å². The summed E-state index contributed by atoms with van der Waals surface area (Å²) in [5, 5.41) is 32.2. The van der Waals surface area contributed by atoms with Gasteiger partial charge >= 0.3 is 0 Å². The molecule has 0 radical (unpaired) electrons. The number of benzene rings is 2. The molecule has 3 atom stereocenters. The van der Waals surface area contributed by atoms with E-state index in [9.17, 15) is 24.3 Å². The van der Waals surface area contributed by atoms with Gasteiger partial charge in [-0.3, -0.25) is 19.8 Å². The van der Waals surface area contributed by atoms with Gasteiger partial charge in [-0.05, 0) is 80.3 Å². The predicted octanol–water partition coefficient (Wildman–Crippen LogP) is 3.48. The van der Waals surface area contributed by atoms with E-state index in [1.807, 2.05) is 6.07 Å². The molecule has 3 aliphatic rings. The van der Waals surface area contributed by atoms with Crippen LogP contribution in [0.5, 0.6) is 0 Å². The van der Waals surface area contributed by atoms with Gasteiger partial charge in [0, 0.05) is 75.2 Å². The molecule has 0 aliphatic carbocycles. The molecule has 0 bridgehead atoms. The molecule has 7 rings (SSSR count). The van der Waals surface area contributed by atoms with Crippen molar-refractivity contribution in [2.24, 2.45) is 5.41 Å². The summed E-state index contributed by atoms with van der Waals surface area (Å²) in [4.78, 5) is 32.7. The summed E-state index contributed by atoms with van der Waals surface area (Å²) >= 11 is 0. The van der Waals surface area contributed by atoms with Gasteiger partial charge in [-0.15, -0.1) is 5.10 Å². The number of morpholine rings is 1. The number of aryl methyl sites for hydroxylation is 2. The SMILES string of the molecule is Cc1c(CN2CCC3(CCN(c4nnccc4C(=O)c4ccc(F)cc4C(=O)N(C)C)C3)C2)ccc2c1cc(C#N)n2CCC1CNC(O)CO1. The van der Waals surface area contributed by atoms with Crippen molar-refractivity contribution >= 4 is 28.4 Å². The molecule has 12 nitrogen and oxygen atoms in total. The number of nitrogens with one attached hydrogen (secondary N) is 1. The van der Waals surface area contributed by atoms with Crippen molar-refractivity contribution in [2.45, 2.75) is 51.6 Å². The van der Waals surface area contributed by atoms with E-state index >= 15 is 0 Å². The lowest BCUT2D eigenvalue weighted by Crippen LogP contribution is -2.46. The Hall–Kier alpha value is -4.74. The van der Waals surface area contributed by atoms with E-state index in [1.54, 1.807) is 20.2 Å². The molecule has 13 heteroatoms. The number of nitriles is 1. The van der Waals surface area contributed by atoms with Gasteiger partial charge in [-0.1, -0.05) is 6.07 Å². The zero-order valence-corrected chi connectivity index (χ0v) is 29.2. The van der Waals surface area contributed by atoms with Crippen molar-refractivity contribution in [1.29, 1.82) is 5.26 Å². The maximum atomic E-state index is 14.2. The highest BCUT2D eigenvalue weighted by molar-refractivity contribution is 6.17. The van der Waals surface area contributed by atoms with Crippen molar-refractivity contribution in [3.05, 3.63) is 88.0 Å². The Labute approximate surface area is 296 Å². The van der Waals surface area contributed by atoms with Crippen LogP contribution in [0.4, 0.5) is 10.2 Å². The third-order valence-corrected chi connectivity index (χ3v) is 10.8. The van der Waals surface area contributed by atoms with Crippen LogP contribution < -0.4 is 10.2 Å². The Morgan fingerprint density at radius 2 is 1.94 bits per heavy atom. The number of nitrogens with zero attached hydrogens (tertiary/aromatic N) is 7. The lowest BCUT2D eigenvalue weighted by molar-refractivity contribution is -0.0651. The van der Waals surface area contributed by atoms with Crippen molar-refractivity contribution in [2.75, 3.05) is 58.3 Å². The highest BCUT2D eigenvalue weighted by Crippen LogP contribution is 2.42. The predicted molar refractivity (Wildman–Crippen MR) is 189 cm³/mol. The Balaban J connectivity index is 1.05. The van der Waals surface area contributed by atoms with E-state index in [4.69, 9.17) is 4.74 Å². The van der Waals surface area contributed by atoms with Gasteiger partial charge in [0.15, 0.2) is 11.6 Å². The van der Waals surface area contributed by atoms with Crippen LogP contribution in [0.3, 0.4) is 0 Å². The first kappa shape index (κ1) is 34.7. The van der Waals surface area contributed by atoms with Crippen molar-refractivity contribution < 1.29 is 23.8 Å². The minimum Gasteiger partial charge on any atom is -0.376 e. The van der Waals surface area contributed by atoms with Crippen LogP contribution in [0.1, 0.15) is 62.4 Å². The molecule has 3 saturated heterocycles. The number of rotatable bonds is 9. The van der Waals surface area contributed by atoms with Gasteiger partial charge in [-0.25, -0.2) is 4.39 Å². The standard InChI is InChI=1S/C38H43FN8O4/c1-24-25(4-7-33-31(24)17-27(18-40)47(33)13-9-28-19-41-34(48)21-51-28)20-45-14-10-38(22-45)11-15-46(23-38)36-30(8-12-42-43-36)35(49)29-6-5-26(39)16-32(29)37(50)44(2)3/h4-8,12,16-17,28,34,41,48H,9-11,13-15,19-23H2,1-3H3. The minimum absolute atomic E-state index is 0.0131. The number of ether oxygens (including phenoxy) is 1. The van der Waals surface area contributed by atoms with Crippen LogP contribution in [0.15, 0.2) is 48.7 Å². The van der Waals surface area contributed by atoms with Gasteiger partial charge < -0.3 is 24.2 Å². The van der Waals surface area contributed by atoms with E-state index in [0.717, 1.165) is 69.0 Å². The van der Waals surface area contributed by atoms with Crippen LogP contribution in [0.25, 0.3) is 10.9 Å². The number of carbonyl (C=O) groups excluding carboxylic acids is 2. The maximum absolute atomic E-state index is 14.2. The molecular formula is C38H43FN8O4. The summed E-state index contributed by atoms with van der Waals surface area (Å²) in [6, 6.07) is 14.0. The number of aliphatic hydroxyl groups is 1. The van der Waals surface area contributed by atoms with Gasteiger partial charge in [0.05, 0.1) is 30.0 Å². The maximum Gasteiger partial charge on any atom is 0.254 e. The second kappa shape index (κ2) is 14.1. The highest BCUT2D eigenvalue weighted by Gasteiger charge is 2.44. The normalized spacial score (nSPS) is 22.2. The molecular weight excluding hydrogens is 651 g/mol. The minimum atomic E-state index is -0.630. The molecule has 0 saturated carbocycles. The molecule has 4 aromatic rings. The zero-order valence-electron chi connectivity index (χ0n) is 29.2. The summed E-state index contributed by atoms with van der Waals surface area (Å²) < 4.78 is 22.0. The fourth-order valence-electron chi connectivity index (χ4n) is 7.96. The number of likely N-dealkylation sites (tertiary alicyclic amines) is 1. The Morgan fingerprint density at radius 3 is 2.71 bits per heavy atom. The number of hydrogen-bond acceptors (Lipinski definition) is 10. The van der Waals surface area contributed by atoms with Crippen LogP contribution in [0.2, 0.25) is 0 Å². The Morgan fingerprint density at radius 1 is 1.12 bits per heavy atom. The first-order valence-electron chi connectivity index (χ1n) is 17.5. The fraction of sp³-hybridized carbons (Fsp3) is 0.447. The number of hydrogen-bond donors (Lipinski definition) is 2. The number of carbonyl (C=O) groups is 2. The van der Waals surface area contributed by atoms with E-state index in [0.29, 0.717) is 30.2 Å². The molecule has 1 amide bonds. The monoisotopic (exact) mass is 694 g/mol. The third kappa shape index (κ3) is 6.84. The first-order valence-corrected chi connectivity index (χ1v) is 17.5. The van der Waals surface area contributed by atoms with Crippen LogP contribution in [0, 0.1) is 29.5 Å². The lowest BCUT2D eigenvalue weighted by Gasteiger charge is -2.27. The smallest absolute Gasteiger partial charge is 0.254 e. The average molecular weight is 695 g/mol. The molecule has 2 aromatic carbocycles. The number of halogens is 1. The second-order valence-electron chi connectivity index (χ2n) is 14.4. The number of anilines is 1. The summed E-state index contributed by atoms with van der Waals surface area (Å²) in [5.41, 5.74) is 4.58. The highest BCUT2D eigenvalue weighted by atomic mass is 19.1. The summed E-state index contributed by atoms with van der Waals surface area (Å²) in [5.74, 6) is -0.945. The van der Waals surface area contributed by atoms with Crippen molar-refractivity contribution in [3.8, 4) is 6.07 Å². The summed E-state index contributed by atoms with van der Waals surface area (Å²) in [6.07, 6.45) is 3.51. The van der Waals surface area contributed by atoms with Gasteiger partial charge in [0.1, 0.15) is 23.8 Å². The molecule has 2 aromatic heterocycles. The van der Waals surface area contributed by atoms with Crippen molar-refractivity contribution in [1.82, 2.24) is 29.9 Å². The molecule has 51 heavy (non-hydrogen) atoms. The molecule has 3 fully saturated rings. The number of aromatic nitrogens is 3. The van der Waals surface area contributed by atoms with Crippen LogP contribution in [-0.2, 0) is 17.8 Å². The summed E-state index contributed by atoms with van der Waals surface area (Å²) in [6.45, 7) is 7.71. The topological polar surface area (TPSA) is 140 Å².